The lowest BCUT2D eigenvalue weighted by Crippen LogP contribution is -2.59. The number of hydrogen-bond donors (Lipinski definition) is 2. The van der Waals surface area contributed by atoms with Crippen molar-refractivity contribution in [1.82, 2.24) is 10.2 Å². The van der Waals surface area contributed by atoms with Gasteiger partial charge in [0.2, 0.25) is 0 Å². The Balaban J connectivity index is 2.73. The van der Waals surface area contributed by atoms with Crippen LogP contribution in [0.15, 0.2) is 0 Å². The van der Waals surface area contributed by atoms with Gasteiger partial charge in [0.15, 0.2) is 0 Å². The van der Waals surface area contributed by atoms with Gasteiger partial charge in [-0.15, -0.1) is 0 Å². The molecule has 0 saturated carbocycles. The van der Waals surface area contributed by atoms with Crippen molar-refractivity contribution >= 4 is 5.97 Å². The molecule has 0 aromatic rings. The van der Waals surface area contributed by atoms with Crippen molar-refractivity contribution in [2.24, 2.45) is 0 Å². The quantitative estimate of drug-likeness (QED) is 0.762. The molecule has 0 spiro atoms. The molecule has 0 aromatic carbocycles. The molecule has 1 heterocycles. The summed E-state index contributed by atoms with van der Waals surface area (Å²) in [7, 11) is 1.72. The molecule has 0 aliphatic carbocycles. The average Bonchev–Trinajstić information content (AvgIpc) is 2.23. The predicted molar refractivity (Wildman–Crippen MR) is 64.6 cm³/mol. The summed E-state index contributed by atoms with van der Waals surface area (Å²) < 4.78 is 0. The fraction of sp³-hybridized carbons (Fsp3) is 0.917. The van der Waals surface area contributed by atoms with Crippen molar-refractivity contribution in [2.45, 2.75) is 57.7 Å². The van der Waals surface area contributed by atoms with E-state index in [0.717, 1.165) is 0 Å². The smallest absolute Gasteiger partial charge is 0.324 e. The Morgan fingerprint density at radius 3 is 2.31 bits per heavy atom. The fourth-order valence-electron chi connectivity index (χ4n) is 2.41. The van der Waals surface area contributed by atoms with Crippen LogP contribution in [0.5, 0.6) is 0 Å². The lowest BCUT2D eigenvalue weighted by Gasteiger charge is -2.42. The maximum absolute atomic E-state index is 11.3. The van der Waals surface area contributed by atoms with Crippen molar-refractivity contribution in [1.29, 1.82) is 0 Å². The van der Waals surface area contributed by atoms with E-state index in [9.17, 15) is 9.90 Å². The van der Waals surface area contributed by atoms with Crippen LogP contribution in [0.25, 0.3) is 0 Å². The second-order valence-electron chi connectivity index (χ2n) is 5.19. The lowest BCUT2D eigenvalue weighted by atomic mass is 9.93. The molecule has 94 valence electrons. The van der Waals surface area contributed by atoms with Gasteiger partial charge in [0.1, 0.15) is 5.54 Å². The topological polar surface area (TPSA) is 52.6 Å². The van der Waals surface area contributed by atoms with E-state index >= 15 is 0 Å². The summed E-state index contributed by atoms with van der Waals surface area (Å²) >= 11 is 0. The first-order valence-corrected chi connectivity index (χ1v) is 6.09. The molecule has 0 radical (unpaired) electrons. The van der Waals surface area contributed by atoms with Crippen molar-refractivity contribution in [3.8, 4) is 0 Å². The molecule has 1 aliphatic heterocycles. The van der Waals surface area contributed by atoms with Crippen LogP contribution < -0.4 is 5.32 Å². The number of hydrogen-bond acceptors (Lipinski definition) is 3. The number of nitrogens with zero attached hydrogens (tertiary/aromatic N) is 1. The monoisotopic (exact) mass is 228 g/mol. The second kappa shape index (κ2) is 5.15. The minimum Gasteiger partial charge on any atom is -0.480 e. The van der Waals surface area contributed by atoms with Crippen molar-refractivity contribution < 1.29 is 9.90 Å². The molecular formula is C12H24N2O2. The van der Waals surface area contributed by atoms with E-state index in [1.807, 2.05) is 0 Å². The average molecular weight is 228 g/mol. The van der Waals surface area contributed by atoms with Gasteiger partial charge in [-0.1, -0.05) is 6.42 Å². The SMILES string of the molecule is CNC(C)(CN1C(C)CCCC1C)C(=O)O. The van der Waals surface area contributed by atoms with Crippen LogP contribution in [0, 0.1) is 0 Å². The summed E-state index contributed by atoms with van der Waals surface area (Å²) in [5.74, 6) is -0.778. The molecule has 1 saturated heterocycles. The molecule has 0 bridgehead atoms. The van der Waals surface area contributed by atoms with Crippen LogP contribution in [-0.4, -0.2) is 47.2 Å². The minimum atomic E-state index is -0.847. The molecule has 3 unspecified atom stereocenters. The maximum Gasteiger partial charge on any atom is 0.324 e. The number of aliphatic carboxylic acids is 1. The van der Waals surface area contributed by atoms with E-state index in [-0.39, 0.29) is 0 Å². The third-order valence-corrected chi connectivity index (χ3v) is 3.90. The standard InChI is InChI=1S/C12H24N2O2/c1-9-6-5-7-10(2)14(9)8-12(3,13-4)11(15)16/h9-10,13H,5-8H2,1-4H3,(H,15,16). The first-order chi connectivity index (χ1) is 7.40. The van der Waals surface area contributed by atoms with Crippen molar-refractivity contribution in [2.75, 3.05) is 13.6 Å². The molecule has 0 aromatic heterocycles. The summed E-state index contributed by atoms with van der Waals surface area (Å²) in [6, 6.07) is 0.964. The molecule has 16 heavy (non-hydrogen) atoms. The van der Waals surface area contributed by atoms with Gasteiger partial charge in [0.05, 0.1) is 0 Å². The molecule has 2 N–H and O–H groups in total. The van der Waals surface area contributed by atoms with Crippen LogP contribution >= 0.6 is 0 Å². The Labute approximate surface area is 98.0 Å². The first kappa shape index (κ1) is 13.5. The summed E-state index contributed by atoms with van der Waals surface area (Å²) in [5, 5.41) is 12.2. The maximum atomic E-state index is 11.3. The molecule has 3 atom stereocenters. The van der Waals surface area contributed by atoms with Gasteiger partial charge in [0, 0.05) is 18.6 Å². The van der Waals surface area contributed by atoms with Gasteiger partial charge < -0.3 is 10.4 Å². The third-order valence-electron chi connectivity index (χ3n) is 3.90. The summed E-state index contributed by atoms with van der Waals surface area (Å²) in [5.41, 5.74) is -0.847. The van der Waals surface area contributed by atoms with Gasteiger partial charge in [-0.05, 0) is 40.7 Å². The number of nitrogens with one attached hydrogen (secondary N) is 1. The van der Waals surface area contributed by atoms with E-state index in [1.165, 1.54) is 19.3 Å². The highest BCUT2D eigenvalue weighted by Crippen LogP contribution is 2.24. The highest BCUT2D eigenvalue weighted by molar-refractivity contribution is 5.78. The number of carboxylic acids is 1. The van der Waals surface area contributed by atoms with Gasteiger partial charge in [-0.3, -0.25) is 9.69 Å². The van der Waals surface area contributed by atoms with Crippen LogP contribution in [-0.2, 0) is 4.79 Å². The minimum absolute atomic E-state index is 0.482. The van der Waals surface area contributed by atoms with Gasteiger partial charge in [-0.2, -0.15) is 0 Å². The van der Waals surface area contributed by atoms with E-state index in [1.54, 1.807) is 14.0 Å². The number of carboxylic acid groups (broad SMARTS) is 1. The van der Waals surface area contributed by atoms with Crippen LogP contribution in [0.3, 0.4) is 0 Å². The number of piperidine rings is 1. The molecule has 4 nitrogen and oxygen atoms in total. The molecule has 1 fully saturated rings. The zero-order chi connectivity index (χ0) is 12.3. The van der Waals surface area contributed by atoms with Crippen molar-refractivity contribution in [3.63, 3.8) is 0 Å². The summed E-state index contributed by atoms with van der Waals surface area (Å²) in [6.45, 7) is 6.70. The van der Waals surface area contributed by atoms with E-state index in [2.05, 4.69) is 24.1 Å². The van der Waals surface area contributed by atoms with Gasteiger partial charge >= 0.3 is 5.97 Å². The first-order valence-electron chi connectivity index (χ1n) is 6.09. The lowest BCUT2D eigenvalue weighted by molar-refractivity contribution is -0.145. The van der Waals surface area contributed by atoms with Crippen LogP contribution in [0.1, 0.15) is 40.0 Å². The largest absolute Gasteiger partial charge is 0.480 e. The number of carbonyl (C=O) groups is 1. The zero-order valence-corrected chi connectivity index (χ0v) is 10.8. The third kappa shape index (κ3) is 2.74. The molecule has 1 aliphatic rings. The van der Waals surface area contributed by atoms with Crippen molar-refractivity contribution in [3.05, 3.63) is 0 Å². The molecule has 4 heteroatoms. The van der Waals surface area contributed by atoms with Crippen LogP contribution in [0.4, 0.5) is 0 Å². The van der Waals surface area contributed by atoms with Crippen LogP contribution in [0.2, 0.25) is 0 Å². The van der Waals surface area contributed by atoms with Gasteiger partial charge in [0.25, 0.3) is 0 Å². The highest BCUT2D eigenvalue weighted by Gasteiger charge is 2.37. The van der Waals surface area contributed by atoms with Gasteiger partial charge in [-0.25, -0.2) is 0 Å². The zero-order valence-electron chi connectivity index (χ0n) is 10.8. The van der Waals surface area contributed by atoms with E-state index in [0.29, 0.717) is 18.6 Å². The Morgan fingerprint density at radius 2 is 1.94 bits per heavy atom. The normalized spacial score (nSPS) is 31.0. The van der Waals surface area contributed by atoms with E-state index < -0.39 is 11.5 Å². The Bertz CT molecular complexity index is 247. The number of likely N-dealkylation sites (N-methyl/N-ethyl adjacent to an activating group) is 1. The molecule has 1 rings (SSSR count). The Morgan fingerprint density at radius 1 is 1.44 bits per heavy atom. The fourth-order valence-corrected chi connectivity index (χ4v) is 2.41. The molecule has 0 amide bonds. The number of rotatable bonds is 4. The Hall–Kier alpha value is -0.610. The summed E-state index contributed by atoms with van der Waals surface area (Å²) in [6.07, 6.45) is 3.59. The van der Waals surface area contributed by atoms with E-state index in [4.69, 9.17) is 0 Å². The Kier molecular flexibility index (Phi) is 4.33. The summed E-state index contributed by atoms with van der Waals surface area (Å²) in [4.78, 5) is 13.6. The predicted octanol–water partition coefficient (Wildman–Crippen LogP) is 1.31. The number of likely N-dealkylation sites (tertiary alicyclic amines) is 1. The molecular weight excluding hydrogens is 204 g/mol. The highest BCUT2D eigenvalue weighted by atomic mass is 16.4. The second-order valence-corrected chi connectivity index (χ2v) is 5.19.